The maximum atomic E-state index is 12.7. The molecule has 1 N–H and O–H groups in total. The Labute approximate surface area is 216 Å². The zero-order valence-electron chi connectivity index (χ0n) is 18.0. The summed E-state index contributed by atoms with van der Waals surface area (Å²) in [6.45, 7) is 1.89. The minimum absolute atomic E-state index is 0.0158. The van der Waals surface area contributed by atoms with Crippen molar-refractivity contribution in [2.75, 3.05) is 12.4 Å². The monoisotopic (exact) mass is 608 g/mol. The summed E-state index contributed by atoms with van der Waals surface area (Å²) < 4.78 is 36.5. The van der Waals surface area contributed by atoms with Crippen LogP contribution >= 0.6 is 34.2 Å². The second-order valence-corrected chi connectivity index (χ2v) is 10.2. The molecular weight excluding hydrogens is 591 g/mol. The molecule has 0 radical (unpaired) electrons. The molecule has 0 fully saturated rings. The second-order valence-electron chi connectivity index (χ2n) is 7.02. The van der Waals surface area contributed by atoms with Gasteiger partial charge in [0, 0.05) is 10.7 Å². The number of aryl methyl sites for hydroxylation is 1. The van der Waals surface area contributed by atoms with E-state index in [1.165, 1.54) is 43.5 Å². The maximum absolute atomic E-state index is 12.7. The van der Waals surface area contributed by atoms with Gasteiger partial charge in [0.15, 0.2) is 11.5 Å². The first-order valence-electron chi connectivity index (χ1n) is 9.70. The summed E-state index contributed by atoms with van der Waals surface area (Å²) in [4.78, 5) is 12.5. The van der Waals surface area contributed by atoms with Gasteiger partial charge in [-0.2, -0.15) is 13.7 Å². The molecule has 0 bridgehead atoms. The van der Waals surface area contributed by atoms with E-state index in [1.807, 2.05) is 41.7 Å². The molecule has 0 aliphatic heterocycles. The van der Waals surface area contributed by atoms with Crippen LogP contribution in [0.4, 0.5) is 5.69 Å². The van der Waals surface area contributed by atoms with Crippen molar-refractivity contribution in [2.45, 2.75) is 11.8 Å². The molecule has 0 saturated carbocycles. The number of nitriles is 1. The third-order valence-corrected chi connectivity index (χ3v) is 6.79. The van der Waals surface area contributed by atoms with Gasteiger partial charge in [-0.1, -0.05) is 23.7 Å². The fraction of sp³-hybridized carbons (Fsp3) is 0.0833. The third-order valence-electron chi connectivity index (χ3n) is 4.50. The van der Waals surface area contributed by atoms with Crippen LogP contribution in [-0.2, 0) is 14.9 Å². The average Bonchev–Trinajstić information content (AvgIpc) is 2.79. The molecule has 0 aromatic heterocycles. The van der Waals surface area contributed by atoms with E-state index in [0.717, 1.165) is 5.56 Å². The zero-order valence-corrected chi connectivity index (χ0v) is 21.7. The van der Waals surface area contributed by atoms with Gasteiger partial charge < -0.3 is 14.2 Å². The van der Waals surface area contributed by atoms with Gasteiger partial charge in [0.25, 0.3) is 5.91 Å². The Kier molecular flexibility index (Phi) is 8.19. The second kappa shape index (κ2) is 10.9. The molecule has 0 aliphatic carbocycles. The molecule has 3 rings (SSSR count). The minimum atomic E-state index is -4.15. The lowest BCUT2D eigenvalue weighted by Crippen LogP contribution is -2.13. The molecule has 174 valence electrons. The highest BCUT2D eigenvalue weighted by Crippen LogP contribution is 2.36. The van der Waals surface area contributed by atoms with Gasteiger partial charge in [0.2, 0.25) is 0 Å². The van der Waals surface area contributed by atoms with E-state index in [-0.39, 0.29) is 22.0 Å². The van der Waals surface area contributed by atoms with Crippen LogP contribution in [0.25, 0.3) is 6.08 Å². The first-order chi connectivity index (χ1) is 16.1. The van der Waals surface area contributed by atoms with E-state index in [4.69, 9.17) is 20.5 Å². The van der Waals surface area contributed by atoms with Crippen LogP contribution in [0.3, 0.4) is 0 Å². The van der Waals surface area contributed by atoms with Crippen molar-refractivity contribution in [3.05, 3.63) is 86.0 Å². The summed E-state index contributed by atoms with van der Waals surface area (Å²) in [5.41, 5.74) is 1.84. The predicted octanol–water partition coefficient (Wildman–Crippen LogP) is 5.58. The van der Waals surface area contributed by atoms with Crippen molar-refractivity contribution in [3.8, 4) is 17.6 Å². The number of amides is 1. The topological polar surface area (TPSA) is 105 Å². The summed E-state index contributed by atoms with van der Waals surface area (Å²) >= 11 is 7.72. The van der Waals surface area contributed by atoms with Crippen molar-refractivity contribution in [3.63, 3.8) is 0 Å². The molecule has 0 spiro atoms. The molecule has 10 heteroatoms. The Morgan fingerprint density at radius 2 is 1.85 bits per heavy atom. The number of halogens is 2. The lowest BCUT2D eigenvalue weighted by Gasteiger charge is -2.14. The molecule has 0 unspecified atom stereocenters. The van der Waals surface area contributed by atoms with Gasteiger partial charge in [0.1, 0.15) is 16.5 Å². The number of hydrogen-bond donors (Lipinski definition) is 1. The number of rotatable bonds is 7. The van der Waals surface area contributed by atoms with E-state index < -0.39 is 16.0 Å². The number of anilines is 1. The van der Waals surface area contributed by atoms with Crippen molar-refractivity contribution in [1.82, 2.24) is 0 Å². The lowest BCUT2D eigenvalue weighted by atomic mass is 10.1. The largest absolute Gasteiger partial charge is 0.493 e. The van der Waals surface area contributed by atoms with Crippen LogP contribution in [0.2, 0.25) is 5.02 Å². The number of carbonyl (C=O) groups excluding carboxylic acids is 1. The van der Waals surface area contributed by atoms with E-state index in [1.54, 1.807) is 24.3 Å². The summed E-state index contributed by atoms with van der Waals surface area (Å²) in [6.07, 6.45) is 1.38. The van der Waals surface area contributed by atoms with Crippen LogP contribution in [0.15, 0.2) is 71.1 Å². The average molecular weight is 609 g/mol. The van der Waals surface area contributed by atoms with Gasteiger partial charge in [-0.15, -0.1) is 0 Å². The summed E-state index contributed by atoms with van der Waals surface area (Å²) in [7, 11) is -2.80. The van der Waals surface area contributed by atoms with Crippen molar-refractivity contribution in [2.24, 2.45) is 0 Å². The lowest BCUT2D eigenvalue weighted by molar-refractivity contribution is -0.112. The molecule has 3 aromatic carbocycles. The molecule has 0 heterocycles. The smallest absolute Gasteiger partial charge is 0.339 e. The van der Waals surface area contributed by atoms with Gasteiger partial charge in [-0.3, -0.25) is 4.79 Å². The Morgan fingerprint density at radius 3 is 2.47 bits per heavy atom. The molecule has 0 saturated heterocycles. The highest BCUT2D eigenvalue weighted by molar-refractivity contribution is 14.1. The SMILES string of the molecule is COc1cc(/C=C(\C#N)C(=O)Nc2cccc(C)c2)cc(I)c1OS(=O)(=O)c1ccc(Cl)cc1. The molecule has 1 amide bonds. The molecule has 0 aliphatic rings. The van der Waals surface area contributed by atoms with E-state index in [0.29, 0.717) is 19.8 Å². The van der Waals surface area contributed by atoms with Gasteiger partial charge in [-0.05, 0) is 95.2 Å². The Bertz CT molecular complexity index is 1410. The number of nitrogens with one attached hydrogen (secondary N) is 1. The third kappa shape index (κ3) is 6.28. The normalized spacial score (nSPS) is 11.4. The van der Waals surface area contributed by atoms with Gasteiger partial charge in [-0.25, -0.2) is 0 Å². The molecule has 7 nitrogen and oxygen atoms in total. The number of hydrogen-bond acceptors (Lipinski definition) is 6. The number of benzene rings is 3. The van der Waals surface area contributed by atoms with E-state index >= 15 is 0 Å². The molecular formula is C24H18ClIN2O5S. The predicted molar refractivity (Wildman–Crippen MR) is 138 cm³/mol. The first kappa shape index (κ1) is 25.6. The number of nitrogens with zero attached hydrogens (tertiary/aromatic N) is 1. The van der Waals surface area contributed by atoms with Crippen molar-refractivity contribution >= 4 is 62.0 Å². The Balaban J connectivity index is 1.91. The van der Waals surface area contributed by atoms with Crippen LogP contribution < -0.4 is 14.2 Å². The standard InChI is InChI=1S/C24H18ClIN2O5S/c1-15-4-3-5-19(10-15)28-24(29)17(14-27)11-16-12-21(26)23(22(13-16)32-2)33-34(30,31)20-8-6-18(25)7-9-20/h3-13H,1-2H3,(H,28,29)/b17-11+. The Morgan fingerprint density at radius 1 is 1.15 bits per heavy atom. The van der Waals surface area contributed by atoms with E-state index in [2.05, 4.69) is 5.32 Å². The quantitative estimate of drug-likeness (QED) is 0.163. The fourth-order valence-electron chi connectivity index (χ4n) is 2.90. The number of ether oxygens (including phenoxy) is 1. The van der Waals surface area contributed by atoms with E-state index in [9.17, 15) is 18.5 Å². The van der Waals surface area contributed by atoms with Gasteiger partial charge >= 0.3 is 10.1 Å². The van der Waals surface area contributed by atoms with Crippen LogP contribution in [0.1, 0.15) is 11.1 Å². The summed E-state index contributed by atoms with van der Waals surface area (Å²) in [6, 6.07) is 17.7. The molecule has 0 atom stereocenters. The maximum Gasteiger partial charge on any atom is 0.339 e. The minimum Gasteiger partial charge on any atom is -0.493 e. The van der Waals surface area contributed by atoms with Crippen LogP contribution in [0.5, 0.6) is 11.5 Å². The van der Waals surface area contributed by atoms with Gasteiger partial charge in [0.05, 0.1) is 10.7 Å². The molecule has 3 aromatic rings. The van der Waals surface area contributed by atoms with Crippen LogP contribution in [-0.4, -0.2) is 21.4 Å². The molecule has 34 heavy (non-hydrogen) atoms. The summed E-state index contributed by atoms with van der Waals surface area (Å²) in [5.74, 6) is -0.474. The highest BCUT2D eigenvalue weighted by atomic mass is 127. The van der Waals surface area contributed by atoms with Crippen molar-refractivity contribution in [1.29, 1.82) is 5.26 Å². The number of methoxy groups -OCH3 is 1. The first-order valence-corrected chi connectivity index (χ1v) is 12.6. The fourth-order valence-corrected chi connectivity index (χ4v) is 4.87. The highest BCUT2D eigenvalue weighted by Gasteiger charge is 2.22. The number of carbonyl (C=O) groups is 1. The zero-order chi connectivity index (χ0) is 24.9. The van der Waals surface area contributed by atoms with Crippen LogP contribution in [0, 0.1) is 21.8 Å². The summed E-state index contributed by atoms with van der Waals surface area (Å²) in [5, 5.41) is 12.6. The van der Waals surface area contributed by atoms with Crippen molar-refractivity contribution < 1.29 is 22.1 Å². The Hall–Kier alpha value is -3.07.